The molecule has 0 amide bonds. The monoisotopic (exact) mass is 397 g/mol. The van der Waals surface area contributed by atoms with Gasteiger partial charge in [0.25, 0.3) is 0 Å². The van der Waals surface area contributed by atoms with E-state index in [0.29, 0.717) is 0 Å². The van der Waals surface area contributed by atoms with Gasteiger partial charge in [0.15, 0.2) is 0 Å². The lowest BCUT2D eigenvalue weighted by atomic mass is 10.1. The minimum atomic E-state index is 0.215. The predicted octanol–water partition coefficient (Wildman–Crippen LogP) is 5.70. The molecule has 0 aliphatic heterocycles. The van der Waals surface area contributed by atoms with Crippen LogP contribution in [-0.2, 0) is 0 Å². The van der Waals surface area contributed by atoms with E-state index in [-0.39, 0.29) is 6.04 Å². The molecular formula is C16H17Br2NO. The molecule has 1 N–H and O–H groups in total. The molecule has 0 saturated heterocycles. The topological polar surface area (TPSA) is 21.3 Å². The van der Waals surface area contributed by atoms with E-state index in [2.05, 4.69) is 81.4 Å². The van der Waals surface area contributed by atoms with Gasteiger partial charge in [-0.05, 0) is 65.2 Å². The van der Waals surface area contributed by atoms with Crippen LogP contribution in [0.1, 0.15) is 24.1 Å². The molecule has 2 aromatic rings. The third-order valence-corrected chi connectivity index (χ3v) is 4.70. The molecule has 0 aliphatic carbocycles. The molecule has 2 nitrogen and oxygen atoms in total. The van der Waals surface area contributed by atoms with Gasteiger partial charge in [0, 0.05) is 16.2 Å². The third kappa shape index (κ3) is 3.55. The summed E-state index contributed by atoms with van der Waals surface area (Å²) in [7, 11) is 1.67. The van der Waals surface area contributed by atoms with Gasteiger partial charge in [-0.25, -0.2) is 0 Å². The van der Waals surface area contributed by atoms with Gasteiger partial charge in [-0.15, -0.1) is 0 Å². The Labute approximate surface area is 136 Å². The average Bonchev–Trinajstić information content (AvgIpc) is 2.42. The number of ether oxygens (including phenoxy) is 1. The summed E-state index contributed by atoms with van der Waals surface area (Å²) in [5, 5.41) is 3.50. The van der Waals surface area contributed by atoms with E-state index in [1.165, 1.54) is 11.1 Å². The van der Waals surface area contributed by atoms with Crippen molar-refractivity contribution < 1.29 is 4.74 Å². The first-order valence-corrected chi connectivity index (χ1v) is 7.96. The quantitative estimate of drug-likeness (QED) is 0.712. The third-order valence-electron chi connectivity index (χ3n) is 3.23. The fraction of sp³-hybridized carbons (Fsp3) is 0.250. The van der Waals surface area contributed by atoms with Crippen LogP contribution >= 0.6 is 31.9 Å². The molecule has 0 bridgehead atoms. The number of hydrogen-bond donors (Lipinski definition) is 1. The summed E-state index contributed by atoms with van der Waals surface area (Å²) in [4.78, 5) is 0. The van der Waals surface area contributed by atoms with Gasteiger partial charge in [-0.1, -0.05) is 28.1 Å². The van der Waals surface area contributed by atoms with Gasteiger partial charge in [0.1, 0.15) is 5.75 Å². The highest BCUT2D eigenvalue weighted by Gasteiger charge is 2.09. The number of hydrogen-bond acceptors (Lipinski definition) is 2. The van der Waals surface area contributed by atoms with E-state index in [4.69, 9.17) is 4.74 Å². The van der Waals surface area contributed by atoms with Crippen LogP contribution in [0.3, 0.4) is 0 Å². The van der Waals surface area contributed by atoms with Gasteiger partial charge in [-0.2, -0.15) is 0 Å². The highest BCUT2D eigenvalue weighted by Crippen LogP contribution is 2.30. The van der Waals surface area contributed by atoms with E-state index < -0.39 is 0 Å². The Hall–Kier alpha value is -1.000. The Kier molecular flexibility index (Phi) is 5.11. The Balaban J connectivity index is 2.17. The average molecular weight is 399 g/mol. The number of aryl methyl sites for hydroxylation is 1. The minimum absolute atomic E-state index is 0.215. The standard InChI is InChI=1S/C16H17Br2NO/c1-10-4-6-13(9-14(10)17)19-11(2)12-5-7-16(20-3)15(18)8-12/h4-9,11,19H,1-3H3. The van der Waals surface area contributed by atoms with Crippen LogP contribution in [0.5, 0.6) is 5.75 Å². The molecule has 0 aromatic heterocycles. The van der Waals surface area contributed by atoms with Crippen molar-refractivity contribution in [2.24, 2.45) is 0 Å². The Morgan fingerprint density at radius 2 is 1.80 bits per heavy atom. The van der Waals surface area contributed by atoms with Crippen LogP contribution in [-0.4, -0.2) is 7.11 Å². The summed E-state index contributed by atoms with van der Waals surface area (Å²) in [6.07, 6.45) is 0. The molecule has 20 heavy (non-hydrogen) atoms. The Morgan fingerprint density at radius 3 is 2.40 bits per heavy atom. The van der Waals surface area contributed by atoms with Gasteiger partial charge in [0.05, 0.1) is 11.6 Å². The number of methoxy groups -OCH3 is 1. The second-order valence-electron chi connectivity index (χ2n) is 4.72. The molecule has 0 saturated carbocycles. The highest BCUT2D eigenvalue weighted by atomic mass is 79.9. The minimum Gasteiger partial charge on any atom is -0.496 e. The number of anilines is 1. The van der Waals surface area contributed by atoms with Crippen LogP contribution in [0.15, 0.2) is 45.3 Å². The first kappa shape index (κ1) is 15.4. The van der Waals surface area contributed by atoms with Gasteiger partial charge in [-0.3, -0.25) is 0 Å². The first-order chi connectivity index (χ1) is 9.51. The maximum atomic E-state index is 5.25. The molecular weight excluding hydrogens is 382 g/mol. The van der Waals surface area contributed by atoms with Crippen LogP contribution in [0, 0.1) is 6.92 Å². The molecule has 0 heterocycles. The van der Waals surface area contributed by atoms with E-state index >= 15 is 0 Å². The highest BCUT2D eigenvalue weighted by molar-refractivity contribution is 9.10. The summed E-state index contributed by atoms with van der Waals surface area (Å²) in [5.74, 6) is 0.846. The normalized spacial score (nSPS) is 12.1. The molecule has 2 rings (SSSR count). The molecule has 4 heteroatoms. The maximum absolute atomic E-state index is 5.25. The van der Waals surface area contributed by atoms with Crippen molar-refractivity contribution in [1.82, 2.24) is 0 Å². The predicted molar refractivity (Wildman–Crippen MR) is 91.6 cm³/mol. The summed E-state index contributed by atoms with van der Waals surface area (Å²) in [6, 6.07) is 12.6. The summed E-state index contributed by atoms with van der Waals surface area (Å²) in [6.45, 7) is 4.22. The van der Waals surface area contributed by atoms with Crippen LogP contribution in [0.4, 0.5) is 5.69 Å². The van der Waals surface area contributed by atoms with E-state index in [0.717, 1.165) is 20.4 Å². The van der Waals surface area contributed by atoms with Crippen LogP contribution < -0.4 is 10.1 Å². The lowest BCUT2D eigenvalue weighted by Gasteiger charge is -2.17. The van der Waals surface area contributed by atoms with Gasteiger partial charge < -0.3 is 10.1 Å². The largest absolute Gasteiger partial charge is 0.496 e. The molecule has 0 radical (unpaired) electrons. The molecule has 1 unspecified atom stereocenters. The lowest BCUT2D eigenvalue weighted by molar-refractivity contribution is 0.412. The molecule has 1 atom stereocenters. The molecule has 2 aromatic carbocycles. The van der Waals surface area contributed by atoms with Crippen molar-refractivity contribution in [2.75, 3.05) is 12.4 Å². The van der Waals surface area contributed by atoms with Gasteiger partial charge in [0.2, 0.25) is 0 Å². The van der Waals surface area contributed by atoms with Crippen molar-refractivity contribution in [3.63, 3.8) is 0 Å². The molecule has 106 valence electrons. The van der Waals surface area contributed by atoms with Crippen LogP contribution in [0.25, 0.3) is 0 Å². The van der Waals surface area contributed by atoms with E-state index in [1.54, 1.807) is 7.11 Å². The van der Waals surface area contributed by atoms with Crippen molar-refractivity contribution in [3.8, 4) is 5.75 Å². The van der Waals surface area contributed by atoms with Crippen molar-refractivity contribution in [2.45, 2.75) is 19.9 Å². The Morgan fingerprint density at radius 1 is 1.05 bits per heavy atom. The van der Waals surface area contributed by atoms with Crippen molar-refractivity contribution >= 4 is 37.5 Å². The Bertz CT molecular complexity index is 613. The van der Waals surface area contributed by atoms with Gasteiger partial charge >= 0.3 is 0 Å². The van der Waals surface area contributed by atoms with Crippen molar-refractivity contribution in [1.29, 1.82) is 0 Å². The second-order valence-corrected chi connectivity index (χ2v) is 6.43. The number of rotatable bonds is 4. The zero-order chi connectivity index (χ0) is 14.7. The smallest absolute Gasteiger partial charge is 0.133 e. The summed E-state index contributed by atoms with van der Waals surface area (Å²) < 4.78 is 7.34. The van der Waals surface area contributed by atoms with E-state index in [9.17, 15) is 0 Å². The fourth-order valence-corrected chi connectivity index (χ4v) is 2.91. The number of nitrogens with one attached hydrogen (secondary N) is 1. The molecule has 0 aliphatic rings. The van der Waals surface area contributed by atoms with Crippen LogP contribution in [0.2, 0.25) is 0 Å². The molecule has 0 fully saturated rings. The SMILES string of the molecule is COc1ccc(C(C)Nc2ccc(C)c(Br)c2)cc1Br. The summed E-state index contributed by atoms with van der Waals surface area (Å²) >= 11 is 7.08. The zero-order valence-corrected chi connectivity index (χ0v) is 14.9. The summed E-state index contributed by atoms with van der Waals surface area (Å²) in [5.41, 5.74) is 3.53. The maximum Gasteiger partial charge on any atom is 0.133 e. The second kappa shape index (κ2) is 6.64. The van der Waals surface area contributed by atoms with E-state index in [1.807, 2.05) is 6.07 Å². The zero-order valence-electron chi connectivity index (χ0n) is 11.7. The molecule has 0 spiro atoms. The van der Waals surface area contributed by atoms with Crippen molar-refractivity contribution in [3.05, 3.63) is 56.5 Å². The number of benzene rings is 2. The fourth-order valence-electron chi connectivity index (χ4n) is 1.97. The number of halogens is 2. The lowest BCUT2D eigenvalue weighted by Crippen LogP contribution is -2.06. The first-order valence-electron chi connectivity index (χ1n) is 6.37.